The van der Waals surface area contributed by atoms with Gasteiger partial charge in [-0.25, -0.2) is 0 Å². The van der Waals surface area contributed by atoms with Crippen LogP contribution in [0.3, 0.4) is 0 Å². The van der Waals surface area contributed by atoms with Gasteiger partial charge in [-0.15, -0.1) is 0 Å². The summed E-state index contributed by atoms with van der Waals surface area (Å²) in [7, 11) is 1.77. The molecule has 1 aliphatic rings. The Labute approximate surface area is 117 Å². The fraction of sp³-hybridized carbons (Fsp3) is 0.571. The molecule has 1 aromatic carbocycles. The van der Waals surface area contributed by atoms with Gasteiger partial charge in [-0.05, 0) is 28.4 Å². The van der Waals surface area contributed by atoms with Crippen molar-refractivity contribution < 1.29 is 9.84 Å². The molecule has 1 aliphatic carbocycles. The Kier molecular flexibility index (Phi) is 3.99. The van der Waals surface area contributed by atoms with E-state index < -0.39 is 0 Å². The number of rotatable bonds is 4. The van der Waals surface area contributed by atoms with Gasteiger partial charge in [-0.2, -0.15) is 0 Å². The first-order chi connectivity index (χ1) is 8.46. The number of hydrogen-bond acceptors (Lipinski definition) is 3. The minimum absolute atomic E-state index is 0.149. The van der Waals surface area contributed by atoms with Crippen LogP contribution in [0.1, 0.15) is 25.8 Å². The summed E-state index contributed by atoms with van der Waals surface area (Å²) < 4.78 is 6.17. The lowest BCUT2D eigenvalue weighted by molar-refractivity contribution is -0.0979. The van der Waals surface area contributed by atoms with E-state index in [-0.39, 0.29) is 5.41 Å². The molecule has 2 unspecified atom stereocenters. The predicted molar refractivity (Wildman–Crippen MR) is 75.6 cm³/mol. The number of nitrogens with one attached hydrogen (secondary N) is 1. The van der Waals surface area contributed by atoms with E-state index in [1.54, 1.807) is 7.11 Å². The molecule has 4 heteroatoms. The van der Waals surface area contributed by atoms with Crippen LogP contribution in [0.2, 0.25) is 0 Å². The number of methoxy groups -OCH3 is 1. The van der Waals surface area contributed by atoms with Crippen molar-refractivity contribution in [1.29, 1.82) is 0 Å². The fourth-order valence-electron chi connectivity index (χ4n) is 2.57. The van der Waals surface area contributed by atoms with Crippen LogP contribution >= 0.6 is 15.9 Å². The fourth-order valence-corrected chi connectivity index (χ4v) is 2.97. The van der Waals surface area contributed by atoms with Gasteiger partial charge in [0.05, 0.1) is 10.6 Å². The highest BCUT2D eigenvalue weighted by Gasteiger charge is 2.48. The molecule has 1 fully saturated rings. The number of phenolic OH excluding ortho intramolecular Hbond substituents is 1. The minimum Gasteiger partial charge on any atom is -0.506 e. The topological polar surface area (TPSA) is 41.5 Å². The van der Waals surface area contributed by atoms with Crippen LogP contribution < -0.4 is 5.32 Å². The summed E-state index contributed by atoms with van der Waals surface area (Å²) >= 11 is 3.33. The molecule has 1 aromatic rings. The molecule has 0 aliphatic heterocycles. The summed E-state index contributed by atoms with van der Waals surface area (Å²) in [6, 6.07) is 6.14. The van der Waals surface area contributed by atoms with Crippen molar-refractivity contribution in [2.24, 2.45) is 5.41 Å². The molecule has 1 saturated carbocycles. The Morgan fingerprint density at radius 3 is 2.83 bits per heavy atom. The van der Waals surface area contributed by atoms with Crippen LogP contribution in [0.15, 0.2) is 22.7 Å². The van der Waals surface area contributed by atoms with E-state index in [1.807, 2.05) is 18.2 Å². The lowest BCUT2D eigenvalue weighted by Gasteiger charge is -2.51. The number of aromatic hydroxyl groups is 1. The van der Waals surface area contributed by atoms with Gasteiger partial charge in [-0.3, -0.25) is 0 Å². The van der Waals surface area contributed by atoms with Gasteiger partial charge in [0.1, 0.15) is 5.75 Å². The Morgan fingerprint density at radius 1 is 1.50 bits per heavy atom. The quantitative estimate of drug-likeness (QED) is 0.897. The molecule has 0 bridgehead atoms. The number of hydrogen-bond donors (Lipinski definition) is 2. The van der Waals surface area contributed by atoms with Gasteiger partial charge in [0.2, 0.25) is 0 Å². The summed E-state index contributed by atoms with van der Waals surface area (Å²) in [5.41, 5.74) is 1.07. The zero-order valence-corrected chi connectivity index (χ0v) is 12.6. The maximum Gasteiger partial charge on any atom is 0.134 e. The third-order valence-corrected chi connectivity index (χ3v) is 4.71. The standard InChI is InChI=1S/C14H20BrNO2/c1-14(2)11(7-12(14)18-3)16-8-9-5-4-6-10(15)13(9)17/h4-6,11-12,16-17H,7-8H2,1-3H3. The van der Waals surface area contributed by atoms with Crippen molar-refractivity contribution in [1.82, 2.24) is 5.32 Å². The molecule has 0 saturated heterocycles. The van der Waals surface area contributed by atoms with Gasteiger partial charge < -0.3 is 15.2 Å². The van der Waals surface area contributed by atoms with Crippen LogP contribution in [0, 0.1) is 5.41 Å². The van der Waals surface area contributed by atoms with Crippen molar-refractivity contribution in [3.05, 3.63) is 28.2 Å². The van der Waals surface area contributed by atoms with Gasteiger partial charge in [0, 0.05) is 30.7 Å². The Bertz CT molecular complexity index is 434. The second-order valence-corrected chi connectivity index (χ2v) is 6.32. The highest BCUT2D eigenvalue weighted by molar-refractivity contribution is 9.10. The van der Waals surface area contributed by atoms with Crippen LogP contribution in [0.4, 0.5) is 0 Å². The average molecular weight is 314 g/mol. The molecule has 0 aromatic heterocycles. The average Bonchev–Trinajstić information content (AvgIpc) is 2.33. The Morgan fingerprint density at radius 2 is 2.22 bits per heavy atom. The zero-order valence-electron chi connectivity index (χ0n) is 11.0. The lowest BCUT2D eigenvalue weighted by Crippen LogP contribution is -2.60. The highest BCUT2D eigenvalue weighted by atomic mass is 79.9. The van der Waals surface area contributed by atoms with E-state index in [4.69, 9.17) is 4.74 Å². The van der Waals surface area contributed by atoms with E-state index in [9.17, 15) is 5.11 Å². The van der Waals surface area contributed by atoms with Crippen molar-refractivity contribution in [2.45, 2.75) is 39.0 Å². The first-order valence-electron chi connectivity index (χ1n) is 6.19. The number of phenols is 1. The van der Waals surface area contributed by atoms with Crippen molar-refractivity contribution in [3.63, 3.8) is 0 Å². The largest absolute Gasteiger partial charge is 0.506 e. The molecular formula is C14H20BrNO2. The Hall–Kier alpha value is -0.580. The molecule has 18 heavy (non-hydrogen) atoms. The second-order valence-electron chi connectivity index (χ2n) is 5.46. The van der Waals surface area contributed by atoms with Crippen LogP contribution in [0.5, 0.6) is 5.75 Å². The first-order valence-corrected chi connectivity index (χ1v) is 6.98. The molecule has 0 radical (unpaired) electrons. The van der Waals surface area contributed by atoms with Gasteiger partial charge in [0.25, 0.3) is 0 Å². The van der Waals surface area contributed by atoms with Crippen LogP contribution in [-0.2, 0) is 11.3 Å². The highest BCUT2D eigenvalue weighted by Crippen LogP contribution is 2.42. The summed E-state index contributed by atoms with van der Waals surface area (Å²) in [6.07, 6.45) is 1.35. The number of para-hydroxylation sites is 1. The van der Waals surface area contributed by atoms with Gasteiger partial charge in [-0.1, -0.05) is 26.0 Å². The lowest BCUT2D eigenvalue weighted by atomic mass is 9.64. The third kappa shape index (κ3) is 2.42. The molecule has 3 nitrogen and oxygen atoms in total. The SMILES string of the molecule is COC1CC(NCc2cccc(Br)c2O)C1(C)C. The molecule has 2 N–H and O–H groups in total. The molecular weight excluding hydrogens is 294 g/mol. The van der Waals surface area contributed by atoms with Crippen molar-refractivity contribution in [3.8, 4) is 5.75 Å². The smallest absolute Gasteiger partial charge is 0.134 e. The molecule has 2 rings (SSSR count). The maximum absolute atomic E-state index is 9.92. The molecule has 0 amide bonds. The van der Waals surface area contributed by atoms with E-state index >= 15 is 0 Å². The zero-order chi connectivity index (χ0) is 13.3. The van der Waals surface area contributed by atoms with Crippen molar-refractivity contribution >= 4 is 15.9 Å². The minimum atomic E-state index is 0.149. The summed E-state index contributed by atoms with van der Waals surface area (Å²) in [4.78, 5) is 0. The normalized spacial score (nSPS) is 25.8. The molecule has 0 heterocycles. The second kappa shape index (κ2) is 5.19. The van der Waals surface area contributed by atoms with E-state index in [2.05, 4.69) is 35.1 Å². The van der Waals surface area contributed by atoms with Gasteiger partial charge >= 0.3 is 0 Å². The molecule has 0 spiro atoms. The predicted octanol–water partition coefficient (Wildman–Crippen LogP) is 3.06. The number of halogens is 1. The summed E-state index contributed by atoms with van der Waals surface area (Å²) in [5.74, 6) is 0.324. The Balaban J connectivity index is 1.95. The van der Waals surface area contributed by atoms with E-state index in [0.29, 0.717) is 24.4 Å². The van der Waals surface area contributed by atoms with E-state index in [1.165, 1.54) is 0 Å². The summed E-state index contributed by atoms with van der Waals surface area (Å²) in [6.45, 7) is 5.10. The monoisotopic (exact) mass is 313 g/mol. The number of benzene rings is 1. The summed E-state index contributed by atoms with van der Waals surface area (Å²) in [5, 5.41) is 13.4. The van der Waals surface area contributed by atoms with Crippen molar-refractivity contribution in [2.75, 3.05) is 7.11 Å². The van der Waals surface area contributed by atoms with Crippen LogP contribution in [0.25, 0.3) is 0 Å². The maximum atomic E-state index is 9.92. The molecule has 100 valence electrons. The first kappa shape index (κ1) is 13.8. The third-order valence-electron chi connectivity index (χ3n) is 4.07. The van der Waals surface area contributed by atoms with Gasteiger partial charge in [0.15, 0.2) is 0 Å². The molecule has 2 atom stereocenters. The van der Waals surface area contributed by atoms with E-state index in [0.717, 1.165) is 16.5 Å². The number of ether oxygens (including phenoxy) is 1. The van der Waals surface area contributed by atoms with Crippen LogP contribution in [-0.4, -0.2) is 24.4 Å².